The minimum atomic E-state index is 0.367. The average Bonchev–Trinajstić information content (AvgIpc) is 2.93. The molecular weight excluding hydrogens is 232 g/mol. The summed E-state index contributed by atoms with van der Waals surface area (Å²) in [6.45, 7) is 4.09. The summed E-state index contributed by atoms with van der Waals surface area (Å²) >= 11 is 0. The van der Waals surface area contributed by atoms with Crippen molar-refractivity contribution in [1.29, 1.82) is 0 Å². The zero-order chi connectivity index (χ0) is 13.7. The first-order valence-corrected chi connectivity index (χ1v) is 7.73. The maximum absolute atomic E-state index is 6.01. The van der Waals surface area contributed by atoms with E-state index in [4.69, 9.17) is 5.73 Å². The molecule has 1 saturated carbocycles. The van der Waals surface area contributed by atoms with Crippen molar-refractivity contribution in [1.82, 2.24) is 4.90 Å². The highest BCUT2D eigenvalue weighted by Crippen LogP contribution is 2.28. The third kappa shape index (κ3) is 3.80. The van der Waals surface area contributed by atoms with Gasteiger partial charge in [-0.05, 0) is 43.4 Å². The van der Waals surface area contributed by atoms with E-state index in [2.05, 4.69) is 43.1 Å². The van der Waals surface area contributed by atoms with Crippen molar-refractivity contribution in [3.8, 4) is 0 Å². The number of likely N-dealkylation sites (N-methyl/N-ethyl adjacent to an activating group) is 1. The summed E-state index contributed by atoms with van der Waals surface area (Å²) in [6.07, 6.45) is 6.73. The first kappa shape index (κ1) is 14.5. The predicted octanol–water partition coefficient (Wildman–Crippen LogP) is 3.37. The monoisotopic (exact) mass is 260 g/mol. The fourth-order valence-electron chi connectivity index (χ4n) is 3.27. The number of aryl methyl sites for hydroxylation is 1. The van der Waals surface area contributed by atoms with Crippen LogP contribution in [0.1, 0.15) is 49.8 Å². The zero-order valence-corrected chi connectivity index (χ0v) is 12.4. The Kier molecular flexibility index (Phi) is 5.41. The van der Waals surface area contributed by atoms with Gasteiger partial charge in [-0.15, -0.1) is 0 Å². The molecule has 2 heteroatoms. The average molecular weight is 260 g/mol. The quantitative estimate of drug-likeness (QED) is 0.849. The van der Waals surface area contributed by atoms with Crippen molar-refractivity contribution in [3.05, 3.63) is 35.4 Å². The highest BCUT2D eigenvalue weighted by molar-refractivity contribution is 5.25. The smallest absolute Gasteiger partial charge is 0.0467 e. The second-order valence-corrected chi connectivity index (χ2v) is 5.94. The van der Waals surface area contributed by atoms with E-state index < -0.39 is 0 Å². The highest BCUT2D eigenvalue weighted by Gasteiger charge is 2.21. The lowest BCUT2D eigenvalue weighted by Crippen LogP contribution is -2.33. The van der Waals surface area contributed by atoms with E-state index in [9.17, 15) is 0 Å². The molecule has 0 aliphatic heterocycles. The van der Waals surface area contributed by atoms with E-state index in [1.165, 1.54) is 43.4 Å². The minimum absolute atomic E-state index is 0.367. The summed E-state index contributed by atoms with van der Waals surface area (Å²) in [5, 5.41) is 0. The zero-order valence-electron chi connectivity index (χ0n) is 12.4. The van der Waals surface area contributed by atoms with E-state index in [0.29, 0.717) is 12.6 Å². The molecule has 1 aliphatic carbocycles. The summed E-state index contributed by atoms with van der Waals surface area (Å²) in [7, 11) is 2.23. The van der Waals surface area contributed by atoms with Crippen LogP contribution in [0, 0.1) is 5.92 Å². The Morgan fingerprint density at radius 2 is 1.84 bits per heavy atom. The Hall–Kier alpha value is -0.860. The molecule has 1 fully saturated rings. The van der Waals surface area contributed by atoms with Gasteiger partial charge in [0.1, 0.15) is 0 Å². The second kappa shape index (κ2) is 7.06. The molecule has 106 valence electrons. The van der Waals surface area contributed by atoms with Crippen molar-refractivity contribution in [2.75, 3.05) is 20.1 Å². The van der Waals surface area contributed by atoms with Crippen LogP contribution in [0.15, 0.2) is 24.3 Å². The van der Waals surface area contributed by atoms with Gasteiger partial charge < -0.3 is 5.73 Å². The lowest BCUT2D eigenvalue weighted by molar-refractivity contribution is 0.212. The Bertz CT molecular complexity index is 365. The van der Waals surface area contributed by atoms with Gasteiger partial charge in [0.05, 0.1) is 0 Å². The fourth-order valence-corrected chi connectivity index (χ4v) is 3.27. The van der Waals surface area contributed by atoms with Crippen LogP contribution in [0.2, 0.25) is 0 Å². The Balaban J connectivity index is 2.00. The van der Waals surface area contributed by atoms with Crippen LogP contribution in [-0.4, -0.2) is 25.0 Å². The van der Waals surface area contributed by atoms with Crippen LogP contribution in [0.4, 0.5) is 0 Å². The molecule has 0 radical (unpaired) electrons. The Labute approximate surface area is 118 Å². The molecule has 0 saturated heterocycles. The molecule has 0 aromatic heterocycles. The third-order valence-electron chi connectivity index (χ3n) is 4.55. The van der Waals surface area contributed by atoms with Crippen LogP contribution in [-0.2, 0) is 6.42 Å². The number of rotatable bonds is 6. The van der Waals surface area contributed by atoms with Gasteiger partial charge in [-0.25, -0.2) is 0 Å². The Morgan fingerprint density at radius 1 is 1.21 bits per heavy atom. The van der Waals surface area contributed by atoms with E-state index in [0.717, 1.165) is 12.3 Å². The van der Waals surface area contributed by atoms with Crippen LogP contribution in [0.25, 0.3) is 0 Å². The summed E-state index contributed by atoms with van der Waals surface area (Å²) in [5.41, 5.74) is 8.77. The normalized spacial score (nSPS) is 18.1. The first-order valence-electron chi connectivity index (χ1n) is 7.73. The van der Waals surface area contributed by atoms with Crippen molar-refractivity contribution in [2.45, 2.75) is 45.1 Å². The van der Waals surface area contributed by atoms with Gasteiger partial charge >= 0.3 is 0 Å². The minimum Gasteiger partial charge on any atom is -0.329 e. The van der Waals surface area contributed by atoms with Crippen molar-refractivity contribution < 1.29 is 0 Å². The molecule has 1 unspecified atom stereocenters. The maximum Gasteiger partial charge on any atom is 0.0467 e. The van der Waals surface area contributed by atoms with Gasteiger partial charge in [0, 0.05) is 19.1 Å². The lowest BCUT2D eigenvalue weighted by Gasteiger charge is -2.29. The van der Waals surface area contributed by atoms with Gasteiger partial charge in [0.15, 0.2) is 0 Å². The van der Waals surface area contributed by atoms with Gasteiger partial charge in [-0.1, -0.05) is 44.0 Å². The molecule has 1 aromatic rings. The summed E-state index contributed by atoms with van der Waals surface area (Å²) in [6, 6.07) is 9.35. The fraction of sp³-hybridized carbons (Fsp3) is 0.647. The summed E-state index contributed by atoms with van der Waals surface area (Å²) < 4.78 is 0. The molecule has 0 bridgehead atoms. The van der Waals surface area contributed by atoms with Crippen LogP contribution < -0.4 is 5.73 Å². The van der Waals surface area contributed by atoms with E-state index >= 15 is 0 Å². The highest BCUT2D eigenvalue weighted by atomic mass is 15.1. The van der Waals surface area contributed by atoms with Crippen molar-refractivity contribution in [2.24, 2.45) is 11.7 Å². The molecule has 2 rings (SSSR count). The molecule has 1 atom stereocenters. The maximum atomic E-state index is 6.01. The van der Waals surface area contributed by atoms with Crippen LogP contribution >= 0.6 is 0 Å². The summed E-state index contributed by atoms with van der Waals surface area (Å²) in [5.74, 6) is 0.883. The molecule has 0 heterocycles. The second-order valence-electron chi connectivity index (χ2n) is 5.94. The number of benzene rings is 1. The lowest BCUT2D eigenvalue weighted by atomic mass is 10.0. The van der Waals surface area contributed by atoms with Gasteiger partial charge in [0.25, 0.3) is 0 Å². The largest absolute Gasteiger partial charge is 0.329 e. The van der Waals surface area contributed by atoms with E-state index in [1.807, 2.05) is 0 Å². The van der Waals surface area contributed by atoms with Crippen molar-refractivity contribution in [3.63, 3.8) is 0 Å². The molecule has 1 aromatic carbocycles. The van der Waals surface area contributed by atoms with Gasteiger partial charge in [-0.2, -0.15) is 0 Å². The third-order valence-corrected chi connectivity index (χ3v) is 4.55. The van der Waals surface area contributed by atoms with E-state index in [1.54, 1.807) is 0 Å². The predicted molar refractivity (Wildman–Crippen MR) is 82.2 cm³/mol. The Morgan fingerprint density at radius 3 is 2.37 bits per heavy atom. The van der Waals surface area contributed by atoms with Crippen LogP contribution in [0.3, 0.4) is 0 Å². The molecule has 1 aliphatic rings. The number of nitrogens with zero attached hydrogens (tertiary/aromatic N) is 1. The van der Waals surface area contributed by atoms with Gasteiger partial charge in [-0.3, -0.25) is 4.90 Å². The topological polar surface area (TPSA) is 29.3 Å². The molecule has 2 N–H and O–H groups in total. The van der Waals surface area contributed by atoms with Crippen molar-refractivity contribution >= 4 is 0 Å². The van der Waals surface area contributed by atoms with Crippen LogP contribution in [0.5, 0.6) is 0 Å². The number of hydrogen-bond acceptors (Lipinski definition) is 2. The van der Waals surface area contributed by atoms with Gasteiger partial charge in [0.2, 0.25) is 0 Å². The van der Waals surface area contributed by atoms with E-state index in [-0.39, 0.29) is 0 Å². The molecule has 19 heavy (non-hydrogen) atoms. The summed E-state index contributed by atoms with van der Waals surface area (Å²) in [4.78, 5) is 2.46. The molecule has 2 nitrogen and oxygen atoms in total. The standard InChI is InChI=1S/C17H28N2/c1-3-14-8-10-16(11-9-14)17(12-18)19(2)13-15-6-4-5-7-15/h8-11,15,17H,3-7,12-13,18H2,1-2H3. The molecular formula is C17H28N2. The SMILES string of the molecule is CCc1ccc(C(CN)N(C)CC2CCCC2)cc1. The molecule has 0 spiro atoms. The number of nitrogens with two attached hydrogens (primary N) is 1. The number of hydrogen-bond donors (Lipinski definition) is 1. The first-order chi connectivity index (χ1) is 9.24. The molecule has 0 amide bonds.